The Balaban J connectivity index is 2.24. The van der Waals surface area contributed by atoms with Crippen molar-refractivity contribution in [3.63, 3.8) is 0 Å². The first-order valence-corrected chi connectivity index (χ1v) is 6.57. The molecule has 0 bridgehead atoms. The van der Waals surface area contributed by atoms with Crippen LogP contribution in [0, 0.1) is 0 Å². The lowest BCUT2D eigenvalue weighted by molar-refractivity contribution is -0.116. The normalized spacial score (nSPS) is 10.2. The summed E-state index contributed by atoms with van der Waals surface area (Å²) >= 11 is 0. The molecule has 0 saturated heterocycles. The lowest BCUT2D eigenvalue weighted by atomic mass is 10.1. The quantitative estimate of drug-likeness (QED) is 0.929. The number of amides is 2. The molecule has 6 nitrogen and oxygen atoms in total. The molecule has 110 valence electrons. The minimum absolute atomic E-state index is 0.118. The minimum Gasteiger partial charge on any atom is -0.337 e. The predicted molar refractivity (Wildman–Crippen MR) is 79.9 cm³/mol. The Hall–Kier alpha value is -2.63. The van der Waals surface area contributed by atoms with Crippen LogP contribution >= 0.6 is 0 Å². The summed E-state index contributed by atoms with van der Waals surface area (Å²) in [7, 11) is 3.38. The molecule has 1 heterocycles. The maximum atomic E-state index is 12.6. The van der Waals surface area contributed by atoms with Crippen molar-refractivity contribution in [1.82, 2.24) is 15.1 Å². The Morgan fingerprint density at radius 1 is 1.24 bits per heavy atom. The third kappa shape index (κ3) is 3.28. The number of hydrogen-bond acceptors (Lipinski definition) is 3. The summed E-state index contributed by atoms with van der Waals surface area (Å²) in [5.41, 5.74) is 2.03. The van der Waals surface area contributed by atoms with Gasteiger partial charge in [-0.2, -0.15) is 5.10 Å². The van der Waals surface area contributed by atoms with E-state index in [2.05, 4.69) is 10.2 Å². The first-order valence-electron chi connectivity index (χ1n) is 6.57. The molecule has 21 heavy (non-hydrogen) atoms. The molecule has 1 aromatic heterocycles. The Kier molecular flexibility index (Phi) is 4.37. The highest BCUT2D eigenvalue weighted by molar-refractivity contribution is 6.03. The maximum absolute atomic E-state index is 12.6. The molecule has 0 saturated carbocycles. The zero-order chi connectivity index (χ0) is 15.4. The molecule has 0 aliphatic heterocycles. The third-order valence-electron chi connectivity index (χ3n) is 3.29. The van der Waals surface area contributed by atoms with Crippen LogP contribution in [0.3, 0.4) is 0 Å². The van der Waals surface area contributed by atoms with E-state index in [0.717, 1.165) is 5.56 Å². The number of hydrogen-bond donors (Lipinski definition) is 1. The molecule has 2 amide bonds. The lowest BCUT2D eigenvalue weighted by Crippen LogP contribution is -2.30. The Bertz CT molecular complexity index is 637. The van der Waals surface area contributed by atoms with Gasteiger partial charge in [-0.1, -0.05) is 12.1 Å². The fraction of sp³-hybridized carbons (Fsp3) is 0.267. The predicted octanol–water partition coefficient (Wildman–Crippen LogP) is 1.66. The van der Waals surface area contributed by atoms with Crippen LogP contribution in [0.15, 0.2) is 36.7 Å². The van der Waals surface area contributed by atoms with Gasteiger partial charge in [0.2, 0.25) is 5.91 Å². The lowest BCUT2D eigenvalue weighted by Gasteiger charge is -2.22. The van der Waals surface area contributed by atoms with Crippen molar-refractivity contribution < 1.29 is 9.59 Å². The minimum atomic E-state index is -0.139. The summed E-state index contributed by atoms with van der Waals surface area (Å²) in [6.45, 7) is 1.92. The summed E-state index contributed by atoms with van der Waals surface area (Å²) in [5.74, 6) is -0.257. The van der Waals surface area contributed by atoms with E-state index in [1.165, 1.54) is 11.8 Å². The van der Waals surface area contributed by atoms with E-state index in [1.807, 2.05) is 6.07 Å². The van der Waals surface area contributed by atoms with Crippen LogP contribution in [0.25, 0.3) is 0 Å². The molecule has 0 atom stereocenters. The van der Waals surface area contributed by atoms with Crippen molar-refractivity contribution in [3.8, 4) is 0 Å². The van der Waals surface area contributed by atoms with Gasteiger partial charge in [0.1, 0.15) is 0 Å². The molecule has 2 rings (SSSR count). The second-order valence-electron chi connectivity index (χ2n) is 4.86. The standard InChI is InChI=1S/C15H18N4O2/c1-11(20)19(3)14-7-5-4-6-13(14)15(21)18(2)10-12-8-16-17-9-12/h4-9H,10H2,1-3H3,(H,16,17). The molecular weight excluding hydrogens is 268 g/mol. The molecule has 6 heteroatoms. The average molecular weight is 286 g/mol. The summed E-state index contributed by atoms with van der Waals surface area (Å²) < 4.78 is 0. The number of aromatic nitrogens is 2. The fourth-order valence-corrected chi connectivity index (χ4v) is 2.03. The van der Waals surface area contributed by atoms with Crippen molar-refractivity contribution in [1.29, 1.82) is 0 Å². The molecule has 0 spiro atoms. The Labute approximate surface area is 123 Å². The smallest absolute Gasteiger partial charge is 0.256 e. The van der Waals surface area contributed by atoms with E-state index in [9.17, 15) is 9.59 Å². The third-order valence-corrected chi connectivity index (χ3v) is 3.29. The SMILES string of the molecule is CC(=O)N(C)c1ccccc1C(=O)N(C)Cc1cn[nH]c1. The number of carbonyl (C=O) groups excluding carboxylic acids is 2. The molecule has 0 aliphatic carbocycles. The number of aromatic amines is 1. The highest BCUT2D eigenvalue weighted by Crippen LogP contribution is 2.21. The second-order valence-corrected chi connectivity index (χ2v) is 4.86. The first-order chi connectivity index (χ1) is 10.0. The van der Waals surface area contributed by atoms with Gasteiger partial charge < -0.3 is 9.80 Å². The molecule has 0 radical (unpaired) electrons. The van der Waals surface area contributed by atoms with Gasteiger partial charge in [0.15, 0.2) is 0 Å². The van der Waals surface area contributed by atoms with Crippen LogP contribution in [0.4, 0.5) is 5.69 Å². The molecule has 0 aliphatic rings. The van der Waals surface area contributed by atoms with Gasteiger partial charge in [0.25, 0.3) is 5.91 Å². The number of rotatable bonds is 4. The van der Waals surface area contributed by atoms with Gasteiger partial charge in [-0.05, 0) is 12.1 Å². The zero-order valence-electron chi connectivity index (χ0n) is 12.3. The largest absolute Gasteiger partial charge is 0.337 e. The van der Waals surface area contributed by atoms with E-state index in [0.29, 0.717) is 17.8 Å². The van der Waals surface area contributed by atoms with Crippen LogP contribution in [0.5, 0.6) is 0 Å². The van der Waals surface area contributed by atoms with E-state index >= 15 is 0 Å². The van der Waals surface area contributed by atoms with Crippen molar-refractivity contribution in [2.75, 3.05) is 19.0 Å². The number of benzene rings is 1. The number of para-hydroxylation sites is 1. The topological polar surface area (TPSA) is 69.3 Å². The molecule has 0 fully saturated rings. The van der Waals surface area contributed by atoms with Crippen molar-refractivity contribution in [3.05, 3.63) is 47.8 Å². The van der Waals surface area contributed by atoms with Gasteiger partial charge in [-0.25, -0.2) is 0 Å². The highest BCUT2D eigenvalue weighted by atomic mass is 16.2. The monoisotopic (exact) mass is 286 g/mol. The summed E-state index contributed by atoms with van der Waals surface area (Å²) in [6, 6.07) is 7.08. The molecule has 1 aromatic carbocycles. The first kappa shape index (κ1) is 14.8. The Morgan fingerprint density at radius 3 is 2.57 bits per heavy atom. The maximum Gasteiger partial charge on any atom is 0.256 e. The number of anilines is 1. The van der Waals surface area contributed by atoms with Crippen molar-refractivity contribution in [2.24, 2.45) is 0 Å². The average Bonchev–Trinajstić information content (AvgIpc) is 2.98. The van der Waals surface area contributed by atoms with Gasteiger partial charge in [-0.15, -0.1) is 0 Å². The second kappa shape index (κ2) is 6.21. The highest BCUT2D eigenvalue weighted by Gasteiger charge is 2.19. The number of nitrogens with one attached hydrogen (secondary N) is 1. The van der Waals surface area contributed by atoms with Crippen LogP contribution in [-0.4, -0.2) is 41.0 Å². The van der Waals surface area contributed by atoms with Crippen LogP contribution in [0.2, 0.25) is 0 Å². The summed E-state index contributed by atoms with van der Waals surface area (Å²) in [5, 5.41) is 6.58. The summed E-state index contributed by atoms with van der Waals surface area (Å²) in [6.07, 6.45) is 3.43. The van der Waals surface area contributed by atoms with Crippen LogP contribution < -0.4 is 4.90 Å². The van der Waals surface area contributed by atoms with Gasteiger partial charge in [0.05, 0.1) is 17.4 Å². The van der Waals surface area contributed by atoms with Gasteiger partial charge >= 0.3 is 0 Å². The fourth-order valence-electron chi connectivity index (χ4n) is 2.03. The number of carbonyl (C=O) groups is 2. The Morgan fingerprint density at radius 2 is 1.95 bits per heavy atom. The van der Waals surface area contributed by atoms with E-state index in [1.54, 1.807) is 49.6 Å². The zero-order valence-corrected chi connectivity index (χ0v) is 12.3. The van der Waals surface area contributed by atoms with Crippen LogP contribution in [-0.2, 0) is 11.3 Å². The molecular formula is C15H18N4O2. The molecule has 0 unspecified atom stereocenters. The van der Waals surface area contributed by atoms with E-state index in [-0.39, 0.29) is 11.8 Å². The van der Waals surface area contributed by atoms with Crippen molar-refractivity contribution in [2.45, 2.75) is 13.5 Å². The molecule has 1 N–H and O–H groups in total. The van der Waals surface area contributed by atoms with Crippen molar-refractivity contribution >= 4 is 17.5 Å². The number of nitrogens with zero attached hydrogens (tertiary/aromatic N) is 3. The van der Waals surface area contributed by atoms with E-state index < -0.39 is 0 Å². The van der Waals surface area contributed by atoms with Crippen LogP contribution in [0.1, 0.15) is 22.8 Å². The van der Waals surface area contributed by atoms with Gasteiger partial charge in [-0.3, -0.25) is 14.7 Å². The molecule has 2 aromatic rings. The van der Waals surface area contributed by atoms with Gasteiger partial charge in [0, 0.05) is 39.3 Å². The van der Waals surface area contributed by atoms with E-state index in [4.69, 9.17) is 0 Å². The summed E-state index contributed by atoms with van der Waals surface area (Å²) in [4.78, 5) is 27.2. The number of H-pyrrole nitrogens is 1.